The fraction of sp³-hybridized carbons (Fsp3) is 0.304. The van der Waals surface area contributed by atoms with Gasteiger partial charge in [-0.25, -0.2) is 0 Å². The van der Waals surface area contributed by atoms with Gasteiger partial charge in [0.05, 0.1) is 11.6 Å². The Labute approximate surface area is 161 Å². The van der Waals surface area contributed by atoms with Crippen molar-refractivity contribution in [2.24, 2.45) is 11.7 Å². The van der Waals surface area contributed by atoms with E-state index in [4.69, 9.17) is 16.4 Å². The summed E-state index contributed by atoms with van der Waals surface area (Å²) in [4.78, 5) is 2.44. The third-order valence-electron chi connectivity index (χ3n) is 5.30. The van der Waals surface area contributed by atoms with Crippen molar-refractivity contribution >= 4 is 6.21 Å². The summed E-state index contributed by atoms with van der Waals surface area (Å²) in [6.45, 7) is 2.91. The zero-order valence-corrected chi connectivity index (χ0v) is 15.6. The SMILES string of the molecule is N#Cc1ccc(CN2CCC(/C(N)=C(/C=N)Cc3ccccc3)CC2)cc1. The second kappa shape index (κ2) is 9.16. The molecule has 0 saturated carbocycles. The van der Waals surface area contributed by atoms with Gasteiger partial charge in [-0.05, 0) is 54.8 Å². The molecule has 0 spiro atoms. The molecule has 1 aliphatic heterocycles. The number of nitrogens with two attached hydrogens (primary N) is 1. The van der Waals surface area contributed by atoms with E-state index in [2.05, 4.69) is 23.1 Å². The molecule has 3 N–H and O–H groups in total. The van der Waals surface area contributed by atoms with Crippen LogP contribution in [0.15, 0.2) is 65.9 Å². The highest BCUT2D eigenvalue weighted by Gasteiger charge is 2.22. The molecule has 1 heterocycles. The molecule has 0 unspecified atom stereocenters. The Morgan fingerprint density at radius 2 is 1.74 bits per heavy atom. The second-order valence-electron chi connectivity index (χ2n) is 7.15. The predicted molar refractivity (Wildman–Crippen MR) is 109 cm³/mol. The van der Waals surface area contributed by atoms with E-state index in [-0.39, 0.29) is 0 Å². The van der Waals surface area contributed by atoms with E-state index in [1.807, 2.05) is 42.5 Å². The molecule has 27 heavy (non-hydrogen) atoms. The quantitative estimate of drug-likeness (QED) is 0.770. The molecule has 4 nitrogen and oxygen atoms in total. The molecule has 4 heteroatoms. The molecule has 0 aliphatic carbocycles. The van der Waals surface area contributed by atoms with Gasteiger partial charge in [-0.2, -0.15) is 5.26 Å². The molecule has 138 valence electrons. The average Bonchev–Trinajstić information content (AvgIpc) is 2.73. The number of rotatable bonds is 6. The number of allylic oxidation sites excluding steroid dienone is 2. The highest BCUT2D eigenvalue weighted by molar-refractivity contribution is 5.77. The Balaban J connectivity index is 1.58. The molecular weight excluding hydrogens is 332 g/mol. The minimum absolute atomic E-state index is 0.350. The Bertz CT molecular complexity index is 823. The molecule has 0 bridgehead atoms. The standard InChI is InChI=1S/C23H26N4/c24-15-19-6-8-20(9-7-19)17-27-12-10-21(11-13-27)23(26)22(16-25)14-18-4-2-1-3-5-18/h1-9,16,21,25H,10-14,17,26H2/b23-22-,25-16?. The number of likely N-dealkylation sites (tertiary alicyclic amines) is 1. The zero-order chi connectivity index (χ0) is 19.1. The van der Waals surface area contributed by atoms with Gasteiger partial charge in [-0.3, -0.25) is 4.90 Å². The molecule has 1 fully saturated rings. The van der Waals surface area contributed by atoms with Gasteiger partial charge in [-0.15, -0.1) is 0 Å². The van der Waals surface area contributed by atoms with E-state index in [1.165, 1.54) is 17.3 Å². The van der Waals surface area contributed by atoms with E-state index in [0.717, 1.165) is 50.2 Å². The first-order chi connectivity index (χ1) is 13.2. The van der Waals surface area contributed by atoms with Crippen LogP contribution in [0.4, 0.5) is 0 Å². The molecular formula is C23H26N4. The number of nitrogens with one attached hydrogen (secondary N) is 1. The number of hydrogen-bond acceptors (Lipinski definition) is 4. The van der Waals surface area contributed by atoms with Crippen LogP contribution in [0.1, 0.15) is 29.5 Å². The summed E-state index contributed by atoms with van der Waals surface area (Å²) in [7, 11) is 0. The fourth-order valence-electron chi connectivity index (χ4n) is 3.66. The Kier molecular flexibility index (Phi) is 6.40. The van der Waals surface area contributed by atoms with Crippen LogP contribution in [0.3, 0.4) is 0 Å². The lowest BCUT2D eigenvalue weighted by Crippen LogP contribution is -2.35. The molecule has 0 radical (unpaired) electrons. The topological polar surface area (TPSA) is 76.9 Å². The van der Waals surface area contributed by atoms with Crippen LogP contribution < -0.4 is 5.73 Å². The van der Waals surface area contributed by atoms with E-state index < -0.39 is 0 Å². The van der Waals surface area contributed by atoms with E-state index in [9.17, 15) is 0 Å². The van der Waals surface area contributed by atoms with E-state index in [0.29, 0.717) is 11.5 Å². The van der Waals surface area contributed by atoms with Crippen LogP contribution in [0, 0.1) is 22.7 Å². The van der Waals surface area contributed by atoms with Crippen molar-refractivity contribution in [3.8, 4) is 6.07 Å². The van der Waals surface area contributed by atoms with Crippen molar-refractivity contribution in [1.82, 2.24) is 4.90 Å². The van der Waals surface area contributed by atoms with Crippen molar-refractivity contribution in [2.45, 2.75) is 25.8 Å². The Hall–Kier alpha value is -2.90. The first-order valence-corrected chi connectivity index (χ1v) is 9.44. The van der Waals surface area contributed by atoms with Crippen molar-refractivity contribution in [1.29, 1.82) is 10.7 Å². The average molecular weight is 358 g/mol. The molecule has 2 aromatic carbocycles. The minimum atomic E-state index is 0.350. The van der Waals surface area contributed by atoms with E-state index >= 15 is 0 Å². The number of benzene rings is 2. The summed E-state index contributed by atoms with van der Waals surface area (Å²) in [5, 5.41) is 16.7. The lowest BCUT2D eigenvalue weighted by Gasteiger charge is -2.33. The molecule has 0 aromatic heterocycles. The highest BCUT2D eigenvalue weighted by Crippen LogP contribution is 2.25. The van der Waals surface area contributed by atoms with Crippen LogP contribution in [0.5, 0.6) is 0 Å². The summed E-state index contributed by atoms with van der Waals surface area (Å²) in [6, 6.07) is 20.2. The largest absolute Gasteiger partial charge is 0.402 e. The normalized spacial score (nSPS) is 16.4. The zero-order valence-electron chi connectivity index (χ0n) is 15.6. The lowest BCUT2D eigenvalue weighted by molar-refractivity contribution is 0.190. The van der Waals surface area contributed by atoms with Crippen molar-refractivity contribution < 1.29 is 0 Å². The molecule has 3 rings (SSSR count). The van der Waals surface area contributed by atoms with Crippen LogP contribution in [0.2, 0.25) is 0 Å². The minimum Gasteiger partial charge on any atom is -0.402 e. The maximum atomic E-state index is 8.90. The lowest BCUT2D eigenvalue weighted by atomic mass is 9.89. The van der Waals surface area contributed by atoms with Gasteiger partial charge >= 0.3 is 0 Å². The van der Waals surface area contributed by atoms with Crippen molar-refractivity contribution in [3.05, 3.63) is 82.6 Å². The summed E-state index contributed by atoms with van der Waals surface area (Å²) in [5.41, 5.74) is 11.4. The monoisotopic (exact) mass is 358 g/mol. The fourth-order valence-corrected chi connectivity index (χ4v) is 3.66. The Morgan fingerprint density at radius 3 is 2.33 bits per heavy atom. The first kappa shape index (κ1) is 18.9. The number of nitrogens with zero attached hydrogens (tertiary/aromatic N) is 2. The van der Waals surface area contributed by atoms with Crippen molar-refractivity contribution in [3.63, 3.8) is 0 Å². The van der Waals surface area contributed by atoms with Gasteiger partial charge in [0.25, 0.3) is 0 Å². The third kappa shape index (κ3) is 5.06. The van der Waals surface area contributed by atoms with Gasteiger partial charge < -0.3 is 11.1 Å². The van der Waals surface area contributed by atoms with Gasteiger partial charge in [-0.1, -0.05) is 42.5 Å². The number of piperidine rings is 1. The van der Waals surface area contributed by atoms with Crippen LogP contribution in [0.25, 0.3) is 0 Å². The maximum Gasteiger partial charge on any atom is 0.0991 e. The van der Waals surface area contributed by atoms with Crippen LogP contribution in [-0.2, 0) is 13.0 Å². The smallest absolute Gasteiger partial charge is 0.0991 e. The van der Waals surface area contributed by atoms with Crippen LogP contribution >= 0.6 is 0 Å². The molecule has 1 aliphatic rings. The van der Waals surface area contributed by atoms with Crippen LogP contribution in [-0.4, -0.2) is 24.2 Å². The van der Waals surface area contributed by atoms with Gasteiger partial charge in [0, 0.05) is 30.8 Å². The van der Waals surface area contributed by atoms with Gasteiger partial charge in [0.15, 0.2) is 0 Å². The molecule has 0 amide bonds. The number of nitriles is 1. The predicted octanol–water partition coefficient (Wildman–Crippen LogP) is 3.88. The Morgan fingerprint density at radius 1 is 1.07 bits per heavy atom. The molecule has 1 saturated heterocycles. The summed E-state index contributed by atoms with van der Waals surface area (Å²) >= 11 is 0. The van der Waals surface area contributed by atoms with E-state index in [1.54, 1.807) is 0 Å². The second-order valence-corrected chi connectivity index (χ2v) is 7.15. The molecule has 2 aromatic rings. The summed E-state index contributed by atoms with van der Waals surface area (Å²) < 4.78 is 0. The van der Waals surface area contributed by atoms with Gasteiger partial charge in [0.1, 0.15) is 0 Å². The van der Waals surface area contributed by atoms with Gasteiger partial charge in [0.2, 0.25) is 0 Å². The summed E-state index contributed by atoms with van der Waals surface area (Å²) in [6.07, 6.45) is 4.19. The number of hydrogen-bond donors (Lipinski definition) is 2. The first-order valence-electron chi connectivity index (χ1n) is 9.44. The maximum absolute atomic E-state index is 8.90. The molecule has 0 atom stereocenters. The summed E-state index contributed by atoms with van der Waals surface area (Å²) in [5.74, 6) is 0.350. The highest BCUT2D eigenvalue weighted by atomic mass is 15.1. The third-order valence-corrected chi connectivity index (χ3v) is 5.30. The van der Waals surface area contributed by atoms with Crippen molar-refractivity contribution in [2.75, 3.05) is 13.1 Å².